The lowest BCUT2D eigenvalue weighted by molar-refractivity contribution is 0.340. The van der Waals surface area contributed by atoms with Gasteiger partial charge in [0.1, 0.15) is 11.1 Å². The van der Waals surface area contributed by atoms with Gasteiger partial charge in [0.2, 0.25) is 0 Å². The third-order valence-electron chi connectivity index (χ3n) is 3.46. The number of nitrogen functional groups attached to an aromatic ring is 1. The van der Waals surface area contributed by atoms with Crippen LogP contribution in [0.1, 0.15) is 13.8 Å². The minimum atomic E-state index is -3.13. The summed E-state index contributed by atoms with van der Waals surface area (Å²) in [5, 5.41) is -0.488. The van der Waals surface area contributed by atoms with Crippen LogP contribution in [0.3, 0.4) is 0 Å². The Hall–Kier alpha value is -1.08. The van der Waals surface area contributed by atoms with Gasteiger partial charge in [-0.05, 0) is 13.0 Å². The third-order valence-corrected chi connectivity index (χ3v) is 6.75. The van der Waals surface area contributed by atoms with Crippen LogP contribution in [0.25, 0.3) is 0 Å². The molecule has 1 aliphatic heterocycles. The largest absolute Gasteiger partial charge is 0.494 e. The standard InChI is InChI=1S/C14H22N2O3S2/c1-3-19-13-8-11(15)7-12(9-13)16-5-6-20-10-14(16)21(17,18)4-2/h7-9,14H,3-6,10,15H2,1-2H3. The van der Waals surface area contributed by atoms with Crippen molar-refractivity contribution in [2.45, 2.75) is 19.2 Å². The van der Waals surface area contributed by atoms with Crippen molar-refractivity contribution in [3.8, 4) is 5.75 Å². The first-order valence-corrected chi connectivity index (χ1v) is 9.94. The Bertz CT molecular complexity index is 590. The molecule has 0 aromatic heterocycles. The molecule has 0 saturated carbocycles. The number of nitrogens with two attached hydrogens (primary N) is 1. The maximum atomic E-state index is 12.3. The van der Waals surface area contributed by atoms with E-state index in [-0.39, 0.29) is 5.75 Å². The highest BCUT2D eigenvalue weighted by molar-refractivity contribution is 8.01. The van der Waals surface area contributed by atoms with Gasteiger partial charge in [0.15, 0.2) is 9.84 Å². The molecular formula is C14H22N2O3S2. The van der Waals surface area contributed by atoms with Gasteiger partial charge in [-0.1, -0.05) is 6.92 Å². The summed E-state index contributed by atoms with van der Waals surface area (Å²) in [6.45, 7) is 4.85. The first-order valence-electron chi connectivity index (χ1n) is 7.07. The molecule has 21 heavy (non-hydrogen) atoms. The summed E-state index contributed by atoms with van der Waals surface area (Å²) >= 11 is 1.68. The summed E-state index contributed by atoms with van der Waals surface area (Å²) in [6.07, 6.45) is 0. The Balaban J connectivity index is 2.37. The van der Waals surface area contributed by atoms with Crippen molar-refractivity contribution in [3.63, 3.8) is 0 Å². The predicted molar refractivity (Wildman–Crippen MR) is 89.9 cm³/mol. The molecular weight excluding hydrogens is 308 g/mol. The van der Waals surface area contributed by atoms with E-state index in [9.17, 15) is 8.42 Å². The van der Waals surface area contributed by atoms with Crippen LogP contribution in [0, 0.1) is 0 Å². The number of ether oxygens (including phenoxy) is 1. The van der Waals surface area contributed by atoms with Crippen LogP contribution in [0.2, 0.25) is 0 Å². The van der Waals surface area contributed by atoms with Gasteiger partial charge in [0.25, 0.3) is 0 Å². The van der Waals surface area contributed by atoms with Crippen LogP contribution in [-0.2, 0) is 9.84 Å². The molecule has 1 aromatic carbocycles. The van der Waals surface area contributed by atoms with Gasteiger partial charge in [-0.3, -0.25) is 0 Å². The quantitative estimate of drug-likeness (QED) is 0.832. The van der Waals surface area contributed by atoms with Crippen molar-refractivity contribution < 1.29 is 13.2 Å². The van der Waals surface area contributed by atoms with Crippen molar-refractivity contribution >= 4 is 33.0 Å². The summed E-state index contributed by atoms with van der Waals surface area (Å²) in [5.41, 5.74) is 7.33. The van der Waals surface area contributed by atoms with Crippen LogP contribution < -0.4 is 15.4 Å². The average molecular weight is 330 g/mol. The van der Waals surface area contributed by atoms with Gasteiger partial charge in [-0.2, -0.15) is 11.8 Å². The number of hydrogen-bond donors (Lipinski definition) is 1. The zero-order chi connectivity index (χ0) is 15.5. The number of nitrogens with zero attached hydrogens (tertiary/aromatic N) is 1. The molecule has 7 heteroatoms. The SMILES string of the molecule is CCOc1cc(N)cc(N2CCSCC2S(=O)(=O)CC)c1. The summed E-state index contributed by atoms with van der Waals surface area (Å²) < 4.78 is 30.1. The normalized spacial score (nSPS) is 19.5. The molecule has 0 aliphatic carbocycles. The zero-order valence-electron chi connectivity index (χ0n) is 12.4. The van der Waals surface area contributed by atoms with Crippen LogP contribution >= 0.6 is 11.8 Å². The molecule has 0 spiro atoms. The van der Waals surface area contributed by atoms with Crippen LogP contribution in [-0.4, -0.2) is 44.2 Å². The minimum absolute atomic E-state index is 0.148. The molecule has 1 saturated heterocycles. The van der Waals surface area contributed by atoms with E-state index in [2.05, 4.69) is 0 Å². The van der Waals surface area contributed by atoms with Crippen molar-refractivity contribution in [2.24, 2.45) is 0 Å². The molecule has 5 nitrogen and oxygen atoms in total. The highest BCUT2D eigenvalue weighted by Crippen LogP contribution is 2.31. The topological polar surface area (TPSA) is 72.6 Å². The van der Waals surface area contributed by atoms with Crippen molar-refractivity contribution in [1.82, 2.24) is 0 Å². The van der Waals surface area contributed by atoms with E-state index in [1.807, 2.05) is 24.0 Å². The van der Waals surface area contributed by atoms with E-state index >= 15 is 0 Å². The smallest absolute Gasteiger partial charge is 0.171 e. The van der Waals surface area contributed by atoms with Crippen LogP contribution in [0.5, 0.6) is 5.75 Å². The number of anilines is 2. The lowest BCUT2D eigenvalue weighted by atomic mass is 10.2. The van der Waals surface area contributed by atoms with E-state index in [1.165, 1.54) is 0 Å². The van der Waals surface area contributed by atoms with Gasteiger partial charge in [-0.15, -0.1) is 0 Å². The number of sulfone groups is 1. The summed E-state index contributed by atoms with van der Waals surface area (Å²) in [6, 6.07) is 5.44. The Morgan fingerprint density at radius 3 is 2.81 bits per heavy atom. The molecule has 2 rings (SSSR count). The molecule has 1 heterocycles. The molecule has 0 amide bonds. The molecule has 1 aliphatic rings. The molecule has 1 unspecified atom stereocenters. The van der Waals surface area contributed by atoms with E-state index in [4.69, 9.17) is 10.5 Å². The van der Waals surface area contributed by atoms with E-state index in [0.717, 1.165) is 11.4 Å². The van der Waals surface area contributed by atoms with Crippen molar-refractivity contribution in [3.05, 3.63) is 18.2 Å². The van der Waals surface area contributed by atoms with Crippen LogP contribution in [0.15, 0.2) is 18.2 Å². The fourth-order valence-corrected chi connectivity index (χ4v) is 5.38. The van der Waals surface area contributed by atoms with E-state index < -0.39 is 15.2 Å². The van der Waals surface area contributed by atoms with Crippen molar-refractivity contribution in [1.29, 1.82) is 0 Å². The highest BCUT2D eigenvalue weighted by atomic mass is 32.2. The van der Waals surface area contributed by atoms with Gasteiger partial charge in [0, 0.05) is 47.3 Å². The maximum absolute atomic E-state index is 12.3. The molecule has 118 valence electrons. The number of thioether (sulfide) groups is 1. The Labute approximate surface area is 130 Å². The summed E-state index contributed by atoms with van der Waals surface area (Å²) in [4.78, 5) is 1.94. The second kappa shape index (κ2) is 6.79. The molecule has 0 bridgehead atoms. The van der Waals surface area contributed by atoms with E-state index in [1.54, 1.807) is 24.8 Å². The lowest BCUT2D eigenvalue weighted by Crippen LogP contribution is -2.48. The van der Waals surface area contributed by atoms with Gasteiger partial charge in [0.05, 0.1) is 6.61 Å². The zero-order valence-corrected chi connectivity index (χ0v) is 14.0. The number of rotatable bonds is 5. The Morgan fingerprint density at radius 1 is 1.38 bits per heavy atom. The lowest BCUT2D eigenvalue weighted by Gasteiger charge is -2.36. The van der Waals surface area contributed by atoms with Gasteiger partial charge >= 0.3 is 0 Å². The predicted octanol–water partition coefficient (Wildman–Crippen LogP) is 1.98. The fourth-order valence-electron chi connectivity index (χ4n) is 2.39. The monoisotopic (exact) mass is 330 g/mol. The van der Waals surface area contributed by atoms with Gasteiger partial charge < -0.3 is 15.4 Å². The maximum Gasteiger partial charge on any atom is 0.171 e. The molecule has 0 radical (unpaired) electrons. The highest BCUT2D eigenvalue weighted by Gasteiger charge is 2.33. The second-order valence-electron chi connectivity index (χ2n) is 4.87. The third kappa shape index (κ3) is 3.77. The Morgan fingerprint density at radius 2 is 2.14 bits per heavy atom. The minimum Gasteiger partial charge on any atom is -0.494 e. The second-order valence-corrected chi connectivity index (χ2v) is 8.46. The molecule has 1 aromatic rings. The molecule has 1 atom stereocenters. The van der Waals surface area contributed by atoms with Crippen molar-refractivity contribution in [2.75, 3.05) is 41.0 Å². The Kier molecular flexibility index (Phi) is 5.27. The first kappa shape index (κ1) is 16.3. The summed E-state index contributed by atoms with van der Waals surface area (Å²) in [7, 11) is -3.13. The molecule has 2 N–H and O–H groups in total. The van der Waals surface area contributed by atoms with E-state index in [0.29, 0.717) is 30.3 Å². The average Bonchev–Trinajstić information content (AvgIpc) is 2.47. The summed E-state index contributed by atoms with van der Waals surface area (Å²) in [5.74, 6) is 2.33. The van der Waals surface area contributed by atoms with Gasteiger partial charge in [-0.25, -0.2) is 8.42 Å². The number of benzene rings is 1. The number of hydrogen-bond acceptors (Lipinski definition) is 6. The fraction of sp³-hybridized carbons (Fsp3) is 0.571. The first-order chi connectivity index (χ1) is 9.97. The van der Waals surface area contributed by atoms with Crippen LogP contribution in [0.4, 0.5) is 11.4 Å². The molecule has 1 fully saturated rings.